The molecule has 0 fully saturated rings. The Balaban J connectivity index is 2.66. The number of halogens is 2. The van der Waals surface area contributed by atoms with E-state index in [9.17, 15) is 4.39 Å². The van der Waals surface area contributed by atoms with Gasteiger partial charge in [-0.05, 0) is 71.7 Å². The predicted octanol–water partition coefficient (Wildman–Crippen LogP) is 3.81. The molecular formula is C15H18FIN2. The highest BCUT2D eigenvalue weighted by Gasteiger charge is 2.19. The van der Waals surface area contributed by atoms with Gasteiger partial charge in [-0.25, -0.2) is 4.39 Å². The van der Waals surface area contributed by atoms with E-state index in [1.165, 1.54) is 6.07 Å². The summed E-state index contributed by atoms with van der Waals surface area (Å²) in [5, 5.41) is 0.900. The molecule has 4 heteroatoms. The zero-order valence-electron chi connectivity index (χ0n) is 11.4. The summed E-state index contributed by atoms with van der Waals surface area (Å²) in [4.78, 5) is 4.32. The van der Waals surface area contributed by atoms with Gasteiger partial charge in [0, 0.05) is 14.7 Å². The van der Waals surface area contributed by atoms with Crippen molar-refractivity contribution in [2.45, 2.75) is 27.2 Å². The highest BCUT2D eigenvalue weighted by molar-refractivity contribution is 14.1. The molecule has 1 aromatic heterocycles. The lowest BCUT2D eigenvalue weighted by Crippen LogP contribution is -2.26. The van der Waals surface area contributed by atoms with Crippen LogP contribution in [-0.4, -0.2) is 11.5 Å². The predicted molar refractivity (Wildman–Crippen MR) is 85.7 cm³/mol. The molecule has 0 saturated heterocycles. The summed E-state index contributed by atoms with van der Waals surface area (Å²) in [5.74, 6) is -0.252. The molecule has 2 rings (SSSR count). The van der Waals surface area contributed by atoms with Gasteiger partial charge in [-0.1, -0.05) is 13.8 Å². The average molecular weight is 372 g/mol. The van der Waals surface area contributed by atoms with Gasteiger partial charge in [0.15, 0.2) is 0 Å². The largest absolute Gasteiger partial charge is 0.330 e. The highest BCUT2D eigenvalue weighted by Crippen LogP contribution is 2.29. The summed E-state index contributed by atoms with van der Waals surface area (Å²) >= 11 is 2.13. The number of nitrogens with two attached hydrogens (primary N) is 1. The molecule has 0 atom stereocenters. The van der Waals surface area contributed by atoms with E-state index in [1.807, 2.05) is 19.1 Å². The van der Waals surface area contributed by atoms with E-state index in [1.54, 1.807) is 0 Å². The lowest BCUT2D eigenvalue weighted by molar-refractivity contribution is 0.378. The number of aryl methyl sites for hydroxylation is 1. The van der Waals surface area contributed by atoms with Crippen LogP contribution >= 0.6 is 22.6 Å². The first kappa shape index (κ1) is 14.7. The van der Waals surface area contributed by atoms with Gasteiger partial charge < -0.3 is 5.73 Å². The Morgan fingerprint density at radius 3 is 2.63 bits per heavy atom. The van der Waals surface area contributed by atoms with Crippen LogP contribution in [-0.2, 0) is 6.42 Å². The number of pyridine rings is 1. The van der Waals surface area contributed by atoms with Crippen LogP contribution in [0.1, 0.15) is 25.1 Å². The zero-order valence-corrected chi connectivity index (χ0v) is 13.6. The number of hydrogen-bond acceptors (Lipinski definition) is 2. The number of rotatable bonds is 3. The molecule has 0 saturated carbocycles. The van der Waals surface area contributed by atoms with E-state index < -0.39 is 0 Å². The van der Waals surface area contributed by atoms with Crippen LogP contribution in [0.5, 0.6) is 0 Å². The second-order valence-corrected chi connectivity index (χ2v) is 7.00. The maximum absolute atomic E-state index is 14.0. The van der Waals surface area contributed by atoms with Crippen LogP contribution in [0.3, 0.4) is 0 Å². The van der Waals surface area contributed by atoms with Crippen LogP contribution in [0, 0.1) is 21.7 Å². The van der Waals surface area contributed by atoms with Gasteiger partial charge >= 0.3 is 0 Å². The van der Waals surface area contributed by atoms with Crippen LogP contribution in [0.2, 0.25) is 0 Å². The van der Waals surface area contributed by atoms with Crippen molar-refractivity contribution in [2.75, 3.05) is 6.54 Å². The number of benzene rings is 1. The normalized spacial score (nSPS) is 12.1. The first-order chi connectivity index (χ1) is 8.82. The molecule has 0 spiro atoms. The molecule has 19 heavy (non-hydrogen) atoms. The van der Waals surface area contributed by atoms with E-state index >= 15 is 0 Å². The standard InChI is InChI=1S/C15H18FIN2/c1-9-4-10(7-15(2,3)8-18)12-5-11(17)6-13(16)14(12)19-9/h4-6H,7-8,18H2,1-3H3. The van der Waals surface area contributed by atoms with Crippen molar-refractivity contribution in [3.63, 3.8) is 0 Å². The lowest BCUT2D eigenvalue weighted by Gasteiger charge is -2.23. The number of aromatic nitrogens is 1. The van der Waals surface area contributed by atoms with E-state index in [2.05, 4.69) is 41.4 Å². The minimum absolute atomic E-state index is 0.00151. The van der Waals surface area contributed by atoms with Crippen molar-refractivity contribution in [2.24, 2.45) is 11.1 Å². The summed E-state index contributed by atoms with van der Waals surface area (Å²) in [5.41, 5.74) is 8.23. The molecule has 0 radical (unpaired) electrons. The Hall–Kier alpha value is -0.750. The molecule has 0 aliphatic carbocycles. The van der Waals surface area contributed by atoms with Gasteiger partial charge in [0.05, 0.1) is 0 Å². The minimum atomic E-state index is -0.252. The molecule has 2 nitrogen and oxygen atoms in total. The molecule has 0 unspecified atom stereocenters. The summed E-state index contributed by atoms with van der Waals surface area (Å²) in [7, 11) is 0. The van der Waals surface area contributed by atoms with Gasteiger partial charge in [-0.15, -0.1) is 0 Å². The fourth-order valence-corrected chi connectivity index (χ4v) is 2.78. The Morgan fingerprint density at radius 2 is 2.00 bits per heavy atom. The molecule has 1 heterocycles. The van der Waals surface area contributed by atoms with E-state index in [0.717, 1.165) is 26.6 Å². The average Bonchev–Trinajstić information content (AvgIpc) is 2.30. The molecule has 0 amide bonds. The second-order valence-electron chi connectivity index (χ2n) is 5.75. The van der Waals surface area contributed by atoms with Crippen molar-refractivity contribution >= 4 is 33.5 Å². The van der Waals surface area contributed by atoms with Gasteiger partial charge in [0.1, 0.15) is 11.3 Å². The van der Waals surface area contributed by atoms with Crippen molar-refractivity contribution < 1.29 is 4.39 Å². The Bertz CT molecular complexity index is 623. The first-order valence-electron chi connectivity index (χ1n) is 6.28. The monoisotopic (exact) mass is 372 g/mol. The Kier molecular flexibility index (Phi) is 4.11. The Morgan fingerprint density at radius 1 is 1.32 bits per heavy atom. The van der Waals surface area contributed by atoms with Crippen molar-refractivity contribution in [3.05, 3.63) is 38.8 Å². The molecule has 102 valence electrons. The van der Waals surface area contributed by atoms with Gasteiger partial charge in [0.2, 0.25) is 0 Å². The number of hydrogen-bond donors (Lipinski definition) is 1. The summed E-state index contributed by atoms with van der Waals surface area (Å²) in [6.45, 7) is 6.75. The smallest absolute Gasteiger partial charge is 0.150 e. The maximum atomic E-state index is 14.0. The minimum Gasteiger partial charge on any atom is -0.330 e. The maximum Gasteiger partial charge on any atom is 0.150 e. The molecule has 0 bridgehead atoms. The molecule has 2 N–H and O–H groups in total. The fraction of sp³-hybridized carbons (Fsp3) is 0.400. The van der Waals surface area contributed by atoms with E-state index in [-0.39, 0.29) is 11.2 Å². The van der Waals surface area contributed by atoms with Gasteiger partial charge in [0.25, 0.3) is 0 Å². The van der Waals surface area contributed by atoms with Crippen LogP contribution in [0.15, 0.2) is 18.2 Å². The summed E-state index contributed by atoms with van der Waals surface area (Å²) < 4.78 is 14.9. The fourth-order valence-electron chi connectivity index (χ4n) is 2.20. The quantitative estimate of drug-likeness (QED) is 0.833. The van der Waals surface area contributed by atoms with Gasteiger partial charge in [-0.2, -0.15) is 0 Å². The van der Waals surface area contributed by atoms with Crippen LogP contribution < -0.4 is 5.73 Å². The van der Waals surface area contributed by atoms with Crippen molar-refractivity contribution in [3.8, 4) is 0 Å². The number of nitrogens with zero attached hydrogens (tertiary/aromatic N) is 1. The molecule has 2 aromatic rings. The van der Waals surface area contributed by atoms with Crippen molar-refractivity contribution in [1.29, 1.82) is 0 Å². The molecular weight excluding hydrogens is 354 g/mol. The Labute approximate surface area is 126 Å². The summed E-state index contributed by atoms with van der Waals surface area (Å²) in [6.07, 6.45) is 0.822. The third-order valence-corrected chi connectivity index (χ3v) is 3.89. The van der Waals surface area contributed by atoms with Gasteiger partial charge in [-0.3, -0.25) is 4.98 Å². The molecule has 0 aliphatic rings. The summed E-state index contributed by atoms with van der Waals surface area (Å²) in [6, 6.07) is 5.55. The van der Waals surface area contributed by atoms with Crippen LogP contribution in [0.25, 0.3) is 10.9 Å². The topological polar surface area (TPSA) is 38.9 Å². The third-order valence-electron chi connectivity index (χ3n) is 3.27. The van der Waals surface area contributed by atoms with Crippen molar-refractivity contribution in [1.82, 2.24) is 4.98 Å². The second kappa shape index (κ2) is 5.32. The first-order valence-corrected chi connectivity index (χ1v) is 7.35. The highest BCUT2D eigenvalue weighted by atomic mass is 127. The van der Waals surface area contributed by atoms with E-state index in [0.29, 0.717) is 12.1 Å². The van der Waals surface area contributed by atoms with Crippen LogP contribution in [0.4, 0.5) is 4.39 Å². The lowest BCUT2D eigenvalue weighted by atomic mass is 9.84. The SMILES string of the molecule is Cc1cc(CC(C)(C)CN)c2cc(I)cc(F)c2n1. The third kappa shape index (κ3) is 3.23. The van der Waals surface area contributed by atoms with E-state index in [4.69, 9.17) is 5.73 Å². The molecule has 1 aromatic carbocycles. The number of fused-ring (bicyclic) bond motifs is 1. The molecule has 0 aliphatic heterocycles. The zero-order chi connectivity index (χ0) is 14.2.